The summed E-state index contributed by atoms with van der Waals surface area (Å²) in [7, 11) is 0. The molecule has 2 aliphatic rings. The van der Waals surface area contributed by atoms with Crippen LogP contribution in [-0.2, 0) is 14.2 Å². The van der Waals surface area contributed by atoms with Crippen LogP contribution >= 0.6 is 11.6 Å². The number of carbonyl (C=O) groups excluding carboxylic acids is 1. The van der Waals surface area contributed by atoms with E-state index in [1.165, 1.54) is 16.8 Å². The second-order valence-electron chi connectivity index (χ2n) is 7.74. The van der Waals surface area contributed by atoms with Crippen molar-refractivity contribution in [2.45, 2.75) is 44.0 Å². The zero-order valence-corrected chi connectivity index (χ0v) is 17.2. The van der Waals surface area contributed by atoms with Crippen molar-refractivity contribution in [1.82, 2.24) is 14.9 Å². The van der Waals surface area contributed by atoms with Crippen LogP contribution in [0.3, 0.4) is 0 Å². The molecule has 4 atom stereocenters. The first-order chi connectivity index (χ1) is 14.2. The summed E-state index contributed by atoms with van der Waals surface area (Å²) in [5.74, 6) is -1.14. The van der Waals surface area contributed by atoms with Crippen molar-refractivity contribution in [2.75, 3.05) is 13.2 Å². The largest absolute Gasteiger partial charge is 0.371 e. The summed E-state index contributed by atoms with van der Waals surface area (Å²) in [4.78, 5) is 38.3. The first-order valence-corrected chi connectivity index (χ1v) is 9.94. The number of aromatic amines is 1. The number of hydrogen-bond donors (Lipinski definition) is 2. The number of H-pyrrole nitrogens is 1. The minimum Gasteiger partial charge on any atom is -0.371 e. The van der Waals surface area contributed by atoms with Crippen molar-refractivity contribution in [3.8, 4) is 0 Å². The molecule has 160 valence electrons. The van der Waals surface area contributed by atoms with E-state index in [1.807, 2.05) is 0 Å². The Hall–Kier alpha value is -2.46. The molecule has 2 aliphatic heterocycles. The lowest BCUT2D eigenvalue weighted by atomic mass is 9.97. The Morgan fingerprint density at radius 1 is 1.20 bits per heavy atom. The van der Waals surface area contributed by atoms with Crippen molar-refractivity contribution < 1.29 is 19.0 Å². The van der Waals surface area contributed by atoms with Gasteiger partial charge in [-0.1, -0.05) is 11.6 Å². The minimum absolute atomic E-state index is 0.161. The standard InChI is InChI=1S/C20H22ClN3O6/c1-20(2)29-16-13(24-8-7-15(25)23-19(24)27)10-28-14(17(16)30-20)9-22-18(26)11-3-5-12(21)6-4-11/h3-8,13-14,16-17H,9-10H2,1-2H3,(H,22,26)(H,23,25,27)/t13-,14-,16+,17-/m1/s1. The van der Waals surface area contributed by atoms with Crippen molar-refractivity contribution in [2.24, 2.45) is 0 Å². The van der Waals surface area contributed by atoms with E-state index in [9.17, 15) is 14.4 Å². The monoisotopic (exact) mass is 435 g/mol. The zero-order valence-electron chi connectivity index (χ0n) is 16.5. The van der Waals surface area contributed by atoms with Gasteiger partial charge in [0.05, 0.1) is 12.6 Å². The second kappa shape index (κ2) is 7.99. The maximum Gasteiger partial charge on any atom is 0.328 e. The third-order valence-corrected chi connectivity index (χ3v) is 5.42. The Bertz CT molecular complexity index is 1050. The third kappa shape index (κ3) is 4.20. The van der Waals surface area contributed by atoms with Crippen LogP contribution in [0.1, 0.15) is 30.2 Å². The number of nitrogens with one attached hydrogen (secondary N) is 2. The highest BCUT2D eigenvalue weighted by molar-refractivity contribution is 6.30. The molecule has 0 radical (unpaired) electrons. The fourth-order valence-corrected chi connectivity index (χ4v) is 3.94. The topological polar surface area (TPSA) is 112 Å². The Morgan fingerprint density at radius 2 is 1.90 bits per heavy atom. The highest BCUT2D eigenvalue weighted by Crippen LogP contribution is 2.39. The predicted molar refractivity (Wildman–Crippen MR) is 108 cm³/mol. The molecule has 1 aromatic heterocycles. The molecule has 0 spiro atoms. The highest BCUT2D eigenvalue weighted by atomic mass is 35.5. The summed E-state index contributed by atoms with van der Waals surface area (Å²) in [6, 6.07) is 7.36. The summed E-state index contributed by atoms with van der Waals surface area (Å²) in [5, 5.41) is 3.39. The van der Waals surface area contributed by atoms with Crippen LogP contribution in [0.4, 0.5) is 0 Å². The molecule has 1 aromatic carbocycles. The van der Waals surface area contributed by atoms with Crippen molar-refractivity contribution in [1.29, 1.82) is 0 Å². The molecule has 9 nitrogen and oxygen atoms in total. The fourth-order valence-electron chi connectivity index (χ4n) is 3.81. The van der Waals surface area contributed by atoms with E-state index >= 15 is 0 Å². The molecule has 2 saturated heterocycles. The number of rotatable bonds is 4. The van der Waals surface area contributed by atoms with Crippen LogP contribution in [0.2, 0.25) is 5.02 Å². The number of fused-ring (bicyclic) bond motifs is 1. The Kier molecular flexibility index (Phi) is 5.54. The average molecular weight is 436 g/mol. The van der Waals surface area contributed by atoms with Crippen LogP contribution in [0.25, 0.3) is 0 Å². The number of nitrogens with zero attached hydrogens (tertiary/aromatic N) is 1. The molecule has 2 fully saturated rings. The van der Waals surface area contributed by atoms with Gasteiger partial charge in [0.2, 0.25) is 0 Å². The number of aromatic nitrogens is 2. The van der Waals surface area contributed by atoms with Gasteiger partial charge in [-0.3, -0.25) is 19.1 Å². The summed E-state index contributed by atoms with van der Waals surface area (Å²) in [6.07, 6.45) is -0.0514. The van der Waals surface area contributed by atoms with E-state index in [2.05, 4.69) is 10.3 Å². The van der Waals surface area contributed by atoms with Gasteiger partial charge in [-0.25, -0.2) is 4.79 Å². The predicted octanol–water partition coefficient (Wildman–Crippen LogP) is 1.08. The van der Waals surface area contributed by atoms with Crippen LogP contribution < -0.4 is 16.6 Å². The highest BCUT2D eigenvalue weighted by Gasteiger charge is 2.52. The lowest BCUT2D eigenvalue weighted by Gasteiger charge is -2.37. The Balaban J connectivity index is 1.50. The maximum atomic E-state index is 12.4. The molecule has 2 N–H and O–H groups in total. The zero-order chi connectivity index (χ0) is 21.5. The molecule has 30 heavy (non-hydrogen) atoms. The van der Waals surface area contributed by atoms with E-state index in [4.69, 9.17) is 25.8 Å². The van der Waals surface area contributed by atoms with Crippen LogP contribution in [0.5, 0.6) is 0 Å². The smallest absolute Gasteiger partial charge is 0.328 e. The van der Waals surface area contributed by atoms with Gasteiger partial charge >= 0.3 is 5.69 Å². The summed E-state index contributed by atoms with van der Waals surface area (Å²) >= 11 is 5.86. The van der Waals surface area contributed by atoms with Crippen molar-refractivity contribution in [3.63, 3.8) is 0 Å². The molecule has 3 heterocycles. The van der Waals surface area contributed by atoms with E-state index in [1.54, 1.807) is 38.1 Å². The number of carbonyl (C=O) groups is 1. The Labute approximate surface area is 176 Å². The number of amides is 1. The molecule has 0 saturated carbocycles. The molecule has 2 aromatic rings. The van der Waals surface area contributed by atoms with Gasteiger partial charge in [-0.2, -0.15) is 0 Å². The van der Waals surface area contributed by atoms with E-state index in [-0.39, 0.29) is 19.1 Å². The first kappa shape index (κ1) is 20.8. The van der Waals surface area contributed by atoms with Gasteiger partial charge in [0.1, 0.15) is 18.3 Å². The lowest BCUT2D eigenvalue weighted by molar-refractivity contribution is -0.153. The van der Waals surface area contributed by atoms with Gasteiger partial charge in [-0.15, -0.1) is 0 Å². The SMILES string of the molecule is CC1(C)O[C@@H]2[C@H](O1)[C@@H](CNC(=O)c1ccc(Cl)cc1)OC[C@H]2n1ccc(=O)[nH]c1=O. The van der Waals surface area contributed by atoms with Crippen molar-refractivity contribution in [3.05, 3.63) is 68.0 Å². The number of halogens is 1. The Morgan fingerprint density at radius 3 is 2.60 bits per heavy atom. The average Bonchev–Trinajstić information content (AvgIpc) is 3.02. The molecule has 1 amide bonds. The molecule has 10 heteroatoms. The molecule has 4 rings (SSSR count). The first-order valence-electron chi connectivity index (χ1n) is 9.56. The van der Waals surface area contributed by atoms with Crippen LogP contribution in [0.15, 0.2) is 46.1 Å². The van der Waals surface area contributed by atoms with Gasteiger partial charge in [0.25, 0.3) is 11.5 Å². The normalized spacial score (nSPS) is 27.4. The van der Waals surface area contributed by atoms with E-state index in [0.29, 0.717) is 10.6 Å². The van der Waals surface area contributed by atoms with Crippen LogP contribution in [-0.4, -0.2) is 52.7 Å². The van der Waals surface area contributed by atoms with Gasteiger partial charge < -0.3 is 19.5 Å². The molecule has 0 aliphatic carbocycles. The van der Waals surface area contributed by atoms with Gasteiger partial charge in [-0.05, 0) is 38.1 Å². The molecular formula is C20H22ClN3O6. The maximum absolute atomic E-state index is 12.4. The second-order valence-corrected chi connectivity index (χ2v) is 8.17. The summed E-state index contributed by atoms with van der Waals surface area (Å²) < 4.78 is 19.4. The lowest BCUT2D eigenvalue weighted by Crippen LogP contribution is -2.54. The number of hydrogen-bond acceptors (Lipinski definition) is 6. The van der Waals surface area contributed by atoms with Crippen molar-refractivity contribution >= 4 is 17.5 Å². The summed E-state index contributed by atoms with van der Waals surface area (Å²) in [5.41, 5.74) is -0.540. The fraction of sp³-hybridized carbons (Fsp3) is 0.450. The van der Waals surface area contributed by atoms with E-state index in [0.717, 1.165) is 0 Å². The molecule has 0 unspecified atom stereocenters. The minimum atomic E-state index is -0.883. The third-order valence-electron chi connectivity index (χ3n) is 5.17. The summed E-state index contributed by atoms with van der Waals surface area (Å²) in [6.45, 7) is 3.92. The molecule has 0 bridgehead atoms. The van der Waals surface area contributed by atoms with Gasteiger partial charge in [0, 0.05) is 29.4 Å². The van der Waals surface area contributed by atoms with Gasteiger partial charge in [0.15, 0.2) is 5.79 Å². The van der Waals surface area contributed by atoms with E-state index < -0.39 is 41.4 Å². The number of ether oxygens (including phenoxy) is 3. The molecular weight excluding hydrogens is 414 g/mol. The van der Waals surface area contributed by atoms with Crippen LogP contribution in [0, 0.1) is 0 Å². The quantitative estimate of drug-likeness (QED) is 0.743. The number of benzene rings is 1.